The Morgan fingerprint density at radius 1 is 1.17 bits per heavy atom. The molecule has 5 nitrogen and oxygen atoms in total. The van der Waals surface area contributed by atoms with Gasteiger partial charge in [0, 0.05) is 22.8 Å². The Labute approximate surface area is 146 Å². The van der Waals surface area contributed by atoms with Gasteiger partial charge < -0.3 is 0 Å². The van der Waals surface area contributed by atoms with Gasteiger partial charge in [-0.25, -0.2) is 9.97 Å². The van der Waals surface area contributed by atoms with Gasteiger partial charge in [0.25, 0.3) is 5.91 Å². The lowest BCUT2D eigenvalue weighted by molar-refractivity contribution is 0.102. The van der Waals surface area contributed by atoms with Crippen LogP contribution in [0.1, 0.15) is 21.1 Å². The third-order valence-corrected chi connectivity index (χ3v) is 5.70. The highest BCUT2D eigenvalue weighted by Crippen LogP contribution is 2.28. The number of nitrogens with one attached hydrogen (secondary N) is 1. The number of aryl methyl sites for hydroxylation is 2. The van der Waals surface area contributed by atoms with E-state index in [2.05, 4.69) is 15.3 Å². The van der Waals surface area contributed by atoms with E-state index in [1.54, 1.807) is 0 Å². The third-order valence-electron chi connectivity index (χ3n) is 3.67. The van der Waals surface area contributed by atoms with Gasteiger partial charge in [0.2, 0.25) is 0 Å². The van der Waals surface area contributed by atoms with Crippen LogP contribution in [0.2, 0.25) is 0 Å². The molecule has 3 heterocycles. The number of hydrogen-bond acceptors (Lipinski definition) is 5. The first-order valence-electron chi connectivity index (χ1n) is 7.39. The quantitative estimate of drug-likeness (QED) is 0.594. The predicted octanol–water partition coefficient (Wildman–Crippen LogP) is 4.39. The van der Waals surface area contributed by atoms with Crippen molar-refractivity contribution in [2.45, 2.75) is 13.8 Å². The van der Waals surface area contributed by atoms with Crippen LogP contribution >= 0.6 is 22.7 Å². The minimum Gasteiger partial charge on any atom is -0.297 e. The Morgan fingerprint density at radius 2 is 1.96 bits per heavy atom. The Hall–Kier alpha value is -2.51. The summed E-state index contributed by atoms with van der Waals surface area (Å²) in [7, 11) is 0. The molecular weight excluding hydrogens is 340 g/mol. The van der Waals surface area contributed by atoms with Crippen molar-refractivity contribution in [1.29, 1.82) is 0 Å². The van der Waals surface area contributed by atoms with Gasteiger partial charge in [0.05, 0.1) is 11.4 Å². The molecule has 0 saturated heterocycles. The van der Waals surface area contributed by atoms with Gasteiger partial charge in [0.15, 0.2) is 10.1 Å². The fourth-order valence-electron chi connectivity index (χ4n) is 2.47. The van der Waals surface area contributed by atoms with E-state index in [1.807, 2.05) is 60.2 Å². The number of amides is 1. The van der Waals surface area contributed by atoms with Crippen LogP contribution in [0.25, 0.3) is 16.2 Å². The summed E-state index contributed by atoms with van der Waals surface area (Å²) in [4.78, 5) is 22.9. The molecule has 0 radical (unpaired) electrons. The Morgan fingerprint density at radius 3 is 2.62 bits per heavy atom. The molecule has 4 aromatic rings. The summed E-state index contributed by atoms with van der Waals surface area (Å²) in [6.07, 6.45) is 1.97. The van der Waals surface area contributed by atoms with Crippen molar-refractivity contribution in [1.82, 2.24) is 14.4 Å². The number of anilines is 1. The lowest BCUT2D eigenvalue weighted by Crippen LogP contribution is -2.11. The second-order valence-corrected chi connectivity index (χ2v) is 7.25. The van der Waals surface area contributed by atoms with Crippen molar-refractivity contribution >= 4 is 38.7 Å². The first kappa shape index (κ1) is 15.0. The molecule has 1 aromatic carbocycles. The zero-order valence-corrected chi connectivity index (χ0v) is 14.7. The summed E-state index contributed by atoms with van der Waals surface area (Å²) in [6.45, 7) is 3.84. The van der Waals surface area contributed by atoms with Crippen LogP contribution in [0, 0.1) is 13.8 Å². The Balaban J connectivity index is 1.66. The summed E-state index contributed by atoms with van der Waals surface area (Å²) >= 11 is 2.82. The lowest BCUT2D eigenvalue weighted by Gasteiger charge is -2.00. The standard InChI is InChI=1S/C17H14N4OS2/c1-10-9-23-16(18-10)20-15(22)14-11(2)21-8-13(19-17(21)24-14)12-6-4-3-5-7-12/h3-9H,1-2H3,(H,18,20,22). The number of fused-ring (bicyclic) bond motifs is 1. The van der Waals surface area contributed by atoms with Crippen LogP contribution < -0.4 is 5.32 Å². The molecule has 0 fully saturated rings. The third kappa shape index (κ3) is 2.61. The van der Waals surface area contributed by atoms with Gasteiger partial charge in [-0.1, -0.05) is 41.7 Å². The summed E-state index contributed by atoms with van der Waals surface area (Å²) < 4.78 is 1.97. The SMILES string of the molecule is Cc1csc(NC(=O)c2sc3nc(-c4ccccc4)cn3c2C)n1. The van der Waals surface area contributed by atoms with Crippen molar-refractivity contribution in [2.75, 3.05) is 5.32 Å². The second kappa shape index (κ2) is 5.85. The fourth-order valence-corrected chi connectivity index (χ4v) is 4.16. The van der Waals surface area contributed by atoms with Crippen LogP contribution in [0.15, 0.2) is 41.9 Å². The minimum absolute atomic E-state index is 0.140. The highest BCUT2D eigenvalue weighted by molar-refractivity contribution is 7.19. The van der Waals surface area contributed by atoms with Crippen LogP contribution in [-0.4, -0.2) is 20.3 Å². The summed E-state index contributed by atoms with van der Waals surface area (Å²) in [6, 6.07) is 10.0. The average molecular weight is 354 g/mol. The number of benzene rings is 1. The minimum atomic E-state index is -0.140. The summed E-state index contributed by atoms with van der Waals surface area (Å²) in [5.41, 5.74) is 3.76. The topological polar surface area (TPSA) is 59.3 Å². The van der Waals surface area contributed by atoms with Gasteiger partial charge in [-0.2, -0.15) is 0 Å². The maximum absolute atomic E-state index is 12.5. The number of nitrogens with zero attached hydrogens (tertiary/aromatic N) is 3. The van der Waals surface area contributed by atoms with E-state index in [1.165, 1.54) is 22.7 Å². The van der Waals surface area contributed by atoms with Gasteiger partial charge >= 0.3 is 0 Å². The van der Waals surface area contributed by atoms with E-state index in [0.29, 0.717) is 10.0 Å². The Kier molecular flexibility index (Phi) is 3.66. The van der Waals surface area contributed by atoms with Crippen molar-refractivity contribution in [3.63, 3.8) is 0 Å². The summed E-state index contributed by atoms with van der Waals surface area (Å²) in [5, 5.41) is 5.39. The van der Waals surface area contributed by atoms with E-state index in [-0.39, 0.29) is 5.91 Å². The van der Waals surface area contributed by atoms with Crippen molar-refractivity contribution < 1.29 is 4.79 Å². The molecule has 24 heavy (non-hydrogen) atoms. The van der Waals surface area contributed by atoms with E-state index in [4.69, 9.17) is 0 Å². The van der Waals surface area contributed by atoms with Crippen LogP contribution in [0.4, 0.5) is 5.13 Å². The fraction of sp³-hybridized carbons (Fsp3) is 0.118. The number of rotatable bonds is 3. The molecule has 0 aliphatic heterocycles. The van der Waals surface area contributed by atoms with E-state index in [9.17, 15) is 4.79 Å². The number of aromatic nitrogens is 3. The highest BCUT2D eigenvalue weighted by atomic mass is 32.1. The maximum atomic E-state index is 12.5. The summed E-state index contributed by atoms with van der Waals surface area (Å²) in [5.74, 6) is -0.140. The van der Waals surface area contributed by atoms with Gasteiger partial charge in [-0.05, 0) is 13.8 Å². The average Bonchev–Trinajstić information content (AvgIpc) is 3.25. The van der Waals surface area contributed by atoms with E-state index >= 15 is 0 Å². The van der Waals surface area contributed by atoms with Crippen molar-refractivity contribution in [2.24, 2.45) is 0 Å². The molecular formula is C17H14N4OS2. The van der Waals surface area contributed by atoms with Gasteiger partial charge in [-0.15, -0.1) is 11.3 Å². The monoisotopic (exact) mass is 354 g/mol. The first-order chi connectivity index (χ1) is 11.6. The smallest absolute Gasteiger partial charge is 0.269 e. The zero-order chi connectivity index (χ0) is 16.7. The lowest BCUT2D eigenvalue weighted by atomic mass is 10.2. The van der Waals surface area contributed by atoms with E-state index in [0.717, 1.165) is 27.6 Å². The molecule has 0 spiro atoms. The number of imidazole rings is 1. The van der Waals surface area contributed by atoms with Crippen LogP contribution in [-0.2, 0) is 0 Å². The molecule has 0 unspecified atom stereocenters. The predicted molar refractivity (Wildman–Crippen MR) is 98.0 cm³/mol. The van der Waals surface area contributed by atoms with Crippen molar-refractivity contribution in [3.05, 3.63) is 58.2 Å². The molecule has 0 bridgehead atoms. The molecule has 0 aliphatic rings. The maximum Gasteiger partial charge on any atom is 0.269 e. The molecule has 0 aliphatic carbocycles. The molecule has 7 heteroatoms. The normalized spacial score (nSPS) is 11.1. The van der Waals surface area contributed by atoms with Gasteiger partial charge in [-0.3, -0.25) is 14.5 Å². The highest BCUT2D eigenvalue weighted by Gasteiger charge is 2.19. The van der Waals surface area contributed by atoms with Crippen molar-refractivity contribution in [3.8, 4) is 11.3 Å². The second-order valence-electron chi connectivity index (χ2n) is 5.41. The molecule has 3 aromatic heterocycles. The molecule has 4 rings (SSSR count). The van der Waals surface area contributed by atoms with E-state index < -0.39 is 0 Å². The van der Waals surface area contributed by atoms with Gasteiger partial charge in [0.1, 0.15) is 4.88 Å². The number of carbonyl (C=O) groups is 1. The number of thiazole rings is 2. The van der Waals surface area contributed by atoms with Crippen LogP contribution in [0.5, 0.6) is 0 Å². The molecule has 120 valence electrons. The first-order valence-corrected chi connectivity index (χ1v) is 9.09. The number of carbonyl (C=O) groups excluding carboxylic acids is 1. The molecule has 0 saturated carbocycles. The molecule has 1 amide bonds. The molecule has 1 N–H and O–H groups in total. The zero-order valence-electron chi connectivity index (χ0n) is 13.1. The molecule has 0 atom stereocenters. The Bertz CT molecular complexity index is 1030. The number of hydrogen-bond donors (Lipinski definition) is 1. The largest absolute Gasteiger partial charge is 0.297 e. The van der Waals surface area contributed by atoms with Crippen LogP contribution in [0.3, 0.4) is 0 Å².